The number of carbonyl (C=O) groups excluding carboxylic acids is 3. The molecule has 2 aromatic carbocycles. The van der Waals surface area contributed by atoms with Crippen LogP contribution < -0.4 is 16.0 Å². The molecule has 0 saturated heterocycles. The quantitative estimate of drug-likeness (QED) is 0.272. The molecule has 0 aliphatic heterocycles. The first kappa shape index (κ1) is 25.0. The number of aryl methyl sites for hydroxylation is 1. The lowest BCUT2D eigenvalue weighted by Crippen LogP contribution is -2.34. The van der Waals surface area contributed by atoms with E-state index in [0.29, 0.717) is 30.8 Å². The average Bonchev–Trinajstić information content (AvgIpc) is 2.78. The lowest BCUT2D eigenvalue weighted by molar-refractivity contribution is -0.143. The van der Waals surface area contributed by atoms with Gasteiger partial charge in [-0.3, -0.25) is 14.4 Å². The third kappa shape index (κ3) is 9.70. The minimum absolute atomic E-state index is 0.148. The van der Waals surface area contributed by atoms with E-state index in [1.54, 1.807) is 24.3 Å². The summed E-state index contributed by atoms with van der Waals surface area (Å²) in [6, 6.07) is 16.8. The summed E-state index contributed by atoms with van der Waals surface area (Å²) in [6.07, 6.45) is 2.35. The molecule has 0 radical (unpaired) electrons. The molecule has 0 aliphatic rings. The maximum atomic E-state index is 12.0. The molecule has 0 spiro atoms. The Labute approximate surface area is 193 Å². The Hall–Kier alpha value is -3.26. The van der Waals surface area contributed by atoms with E-state index in [4.69, 9.17) is 17.0 Å². The molecule has 0 heterocycles. The van der Waals surface area contributed by atoms with Gasteiger partial charge < -0.3 is 20.7 Å². The topological polar surface area (TPSA) is 96.5 Å². The van der Waals surface area contributed by atoms with Crippen molar-refractivity contribution < 1.29 is 19.1 Å². The van der Waals surface area contributed by atoms with E-state index in [1.165, 1.54) is 5.56 Å². The lowest BCUT2D eigenvalue weighted by Gasteiger charge is -2.10. The fraction of sp³-hybridized carbons (Fsp3) is 0.333. The Bertz CT molecular complexity index is 901. The second-order valence-corrected chi connectivity index (χ2v) is 7.51. The number of thiocarbonyl (C=S) groups is 1. The molecule has 0 unspecified atom stereocenters. The van der Waals surface area contributed by atoms with E-state index < -0.39 is 0 Å². The molecule has 0 fully saturated rings. The van der Waals surface area contributed by atoms with Crippen molar-refractivity contribution in [2.75, 3.05) is 18.5 Å². The number of ether oxygens (including phenoxy) is 1. The zero-order valence-corrected chi connectivity index (χ0v) is 19.0. The van der Waals surface area contributed by atoms with Crippen LogP contribution in [0.1, 0.15) is 48.5 Å². The summed E-state index contributed by atoms with van der Waals surface area (Å²) in [7, 11) is 0. The Kier molecular flexibility index (Phi) is 10.9. The van der Waals surface area contributed by atoms with Crippen LogP contribution in [0.25, 0.3) is 0 Å². The van der Waals surface area contributed by atoms with Gasteiger partial charge in [0.25, 0.3) is 5.91 Å². The minimum atomic E-state index is -0.307. The predicted octanol–water partition coefficient (Wildman–Crippen LogP) is 3.60. The third-order valence-corrected chi connectivity index (χ3v) is 4.70. The van der Waals surface area contributed by atoms with Crippen molar-refractivity contribution in [3.05, 3.63) is 65.7 Å². The summed E-state index contributed by atoms with van der Waals surface area (Å²) in [4.78, 5) is 35.6. The van der Waals surface area contributed by atoms with Gasteiger partial charge in [0, 0.05) is 30.6 Å². The lowest BCUT2D eigenvalue weighted by atomic mass is 10.1. The molecule has 0 atom stereocenters. The summed E-state index contributed by atoms with van der Waals surface area (Å²) in [6.45, 7) is 2.78. The van der Waals surface area contributed by atoms with Gasteiger partial charge in [-0.2, -0.15) is 0 Å². The van der Waals surface area contributed by atoms with Crippen molar-refractivity contribution in [3.63, 3.8) is 0 Å². The summed E-state index contributed by atoms with van der Waals surface area (Å²) in [5, 5.41) is 8.35. The van der Waals surface area contributed by atoms with Gasteiger partial charge in [-0.1, -0.05) is 30.3 Å². The molecule has 0 saturated carbocycles. The standard InChI is InChI=1S/C24H29N3O4S/c1-2-25-23(30)19-13-15-20(16-14-19)26-24(32)27-21(28)11-6-12-22(29)31-17-7-10-18-8-4-3-5-9-18/h3-5,8-9,13-16H,2,6-7,10-12,17H2,1H3,(H,25,30)(H2,26,27,28,32). The van der Waals surface area contributed by atoms with E-state index in [-0.39, 0.29) is 35.7 Å². The first-order valence-electron chi connectivity index (χ1n) is 10.7. The van der Waals surface area contributed by atoms with E-state index in [0.717, 1.165) is 12.8 Å². The first-order chi connectivity index (χ1) is 15.5. The van der Waals surface area contributed by atoms with Crippen molar-refractivity contribution in [2.45, 2.75) is 39.0 Å². The molecule has 3 N–H and O–H groups in total. The highest BCUT2D eigenvalue weighted by Crippen LogP contribution is 2.10. The van der Waals surface area contributed by atoms with Gasteiger partial charge in [0.2, 0.25) is 5.91 Å². The number of rotatable bonds is 11. The number of carbonyl (C=O) groups is 3. The molecular formula is C24H29N3O4S. The Morgan fingerprint density at radius 3 is 2.34 bits per heavy atom. The molecule has 7 nitrogen and oxygen atoms in total. The summed E-state index contributed by atoms with van der Waals surface area (Å²) < 4.78 is 5.21. The molecular weight excluding hydrogens is 426 g/mol. The maximum absolute atomic E-state index is 12.0. The van der Waals surface area contributed by atoms with Gasteiger partial charge in [-0.15, -0.1) is 0 Å². The molecule has 2 aromatic rings. The predicted molar refractivity (Wildman–Crippen MR) is 128 cm³/mol. The van der Waals surface area contributed by atoms with Crippen LogP contribution in [0, 0.1) is 0 Å². The number of esters is 1. The van der Waals surface area contributed by atoms with Crippen LogP contribution in [0.15, 0.2) is 54.6 Å². The molecule has 170 valence electrons. The summed E-state index contributed by atoms with van der Waals surface area (Å²) >= 11 is 5.14. The van der Waals surface area contributed by atoms with Crippen LogP contribution in [0.5, 0.6) is 0 Å². The highest BCUT2D eigenvalue weighted by Gasteiger charge is 2.09. The fourth-order valence-electron chi connectivity index (χ4n) is 2.89. The van der Waals surface area contributed by atoms with Crippen LogP contribution >= 0.6 is 12.2 Å². The van der Waals surface area contributed by atoms with Gasteiger partial charge in [0.05, 0.1) is 6.61 Å². The zero-order chi connectivity index (χ0) is 23.2. The Morgan fingerprint density at radius 2 is 1.66 bits per heavy atom. The van der Waals surface area contributed by atoms with E-state index >= 15 is 0 Å². The fourth-order valence-corrected chi connectivity index (χ4v) is 3.12. The van der Waals surface area contributed by atoms with Gasteiger partial charge in [0.1, 0.15) is 0 Å². The monoisotopic (exact) mass is 455 g/mol. The number of amides is 2. The van der Waals surface area contributed by atoms with Crippen LogP contribution in [-0.4, -0.2) is 36.0 Å². The summed E-state index contributed by atoms with van der Waals surface area (Å²) in [5.41, 5.74) is 2.41. The van der Waals surface area contributed by atoms with E-state index in [9.17, 15) is 14.4 Å². The highest BCUT2D eigenvalue weighted by atomic mass is 32.1. The number of nitrogens with one attached hydrogen (secondary N) is 3. The largest absolute Gasteiger partial charge is 0.466 e. The van der Waals surface area contributed by atoms with Gasteiger partial charge >= 0.3 is 5.97 Å². The van der Waals surface area contributed by atoms with Crippen molar-refractivity contribution in [2.24, 2.45) is 0 Å². The normalized spacial score (nSPS) is 10.2. The SMILES string of the molecule is CCNC(=O)c1ccc(NC(=S)NC(=O)CCCC(=O)OCCCc2ccccc2)cc1. The van der Waals surface area contributed by atoms with Crippen molar-refractivity contribution in [1.29, 1.82) is 0 Å². The molecule has 0 bridgehead atoms. The van der Waals surface area contributed by atoms with E-state index in [2.05, 4.69) is 16.0 Å². The van der Waals surface area contributed by atoms with Crippen LogP contribution in [-0.2, 0) is 20.7 Å². The van der Waals surface area contributed by atoms with Crippen molar-refractivity contribution in [3.8, 4) is 0 Å². The third-order valence-electron chi connectivity index (χ3n) is 4.50. The Balaban J connectivity index is 1.58. The van der Waals surface area contributed by atoms with Crippen molar-refractivity contribution in [1.82, 2.24) is 10.6 Å². The van der Waals surface area contributed by atoms with E-state index in [1.807, 2.05) is 37.3 Å². The molecule has 8 heteroatoms. The van der Waals surface area contributed by atoms with Crippen LogP contribution in [0.4, 0.5) is 5.69 Å². The zero-order valence-electron chi connectivity index (χ0n) is 18.2. The summed E-state index contributed by atoms with van der Waals surface area (Å²) in [5.74, 6) is -0.735. The molecule has 0 aromatic heterocycles. The molecule has 0 aliphatic carbocycles. The van der Waals surface area contributed by atoms with Gasteiger partial charge in [0.15, 0.2) is 5.11 Å². The second kappa shape index (κ2) is 13.9. The van der Waals surface area contributed by atoms with Gasteiger partial charge in [-0.25, -0.2) is 0 Å². The number of hydrogen-bond acceptors (Lipinski definition) is 5. The minimum Gasteiger partial charge on any atom is -0.466 e. The first-order valence-corrected chi connectivity index (χ1v) is 11.1. The van der Waals surface area contributed by atoms with Gasteiger partial charge in [-0.05, 0) is 68.2 Å². The van der Waals surface area contributed by atoms with Crippen molar-refractivity contribution >= 4 is 40.8 Å². The molecule has 32 heavy (non-hydrogen) atoms. The average molecular weight is 456 g/mol. The maximum Gasteiger partial charge on any atom is 0.305 e. The molecule has 2 rings (SSSR count). The number of benzene rings is 2. The number of hydrogen-bond donors (Lipinski definition) is 3. The highest BCUT2D eigenvalue weighted by molar-refractivity contribution is 7.80. The smallest absolute Gasteiger partial charge is 0.305 e. The Morgan fingerprint density at radius 1 is 0.938 bits per heavy atom. The van der Waals surface area contributed by atoms with Crippen LogP contribution in [0.2, 0.25) is 0 Å². The molecule has 2 amide bonds. The number of anilines is 1. The van der Waals surface area contributed by atoms with Crippen LogP contribution in [0.3, 0.4) is 0 Å². The second-order valence-electron chi connectivity index (χ2n) is 7.10.